The van der Waals surface area contributed by atoms with Crippen LogP contribution >= 0.6 is 11.6 Å². The molecule has 1 aliphatic rings. The Labute approximate surface area is 145 Å². The maximum absolute atomic E-state index is 12.3. The maximum Gasteiger partial charge on any atom is 0.252 e. The first kappa shape index (κ1) is 16.5. The summed E-state index contributed by atoms with van der Waals surface area (Å²) in [7, 11) is 0. The van der Waals surface area contributed by atoms with Gasteiger partial charge >= 0.3 is 0 Å². The maximum atomic E-state index is 12.3. The van der Waals surface area contributed by atoms with Crippen molar-refractivity contribution in [2.45, 2.75) is 25.9 Å². The van der Waals surface area contributed by atoms with Crippen molar-refractivity contribution in [1.29, 1.82) is 0 Å². The summed E-state index contributed by atoms with van der Waals surface area (Å²) in [4.78, 5) is 29.9. The van der Waals surface area contributed by atoms with E-state index in [4.69, 9.17) is 11.6 Å². The molecular formula is C18H18ClN3O2. The quantitative estimate of drug-likeness (QED) is 0.670. The monoisotopic (exact) mass is 343 g/mol. The Bertz CT molecular complexity index is 721. The van der Waals surface area contributed by atoms with Crippen molar-refractivity contribution >= 4 is 23.4 Å². The van der Waals surface area contributed by atoms with Crippen LogP contribution in [0.2, 0.25) is 5.15 Å². The number of benzene rings is 1. The van der Waals surface area contributed by atoms with Crippen LogP contribution in [-0.4, -0.2) is 28.2 Å². The Morgan fingerprint density at radius 2 is 1.83 bits per heavy atom. The number of carbonyl (C=O) groups excluding carboxylic acids is 2. The molecule has 0 bridgehead atoms. The van der Waals surface area contributed by atoms with E-state index in [1.54, 1.807) is 12.1 Å². The lowest BCUT2D eigenvalue weighted by molar-refractivity contribution is -0.131. The Hall–Kier alpha value is -2.40. The molecule has 0 saturated carbocycles. The molecule has 0 spiro atoms. The first-order valence-electron chi connectivity index (χ1n) is 7.88. The van der Waals surface area contributed by atoms with Gasteiger partial charge in [-0.2, -0.15) is 0 Å². The van der Waals surface area contributed by atoms with Gasteiger partial charge in [0.2, 0.25) is 5.91 Å². The first-order chi connectivity index (χ1) is 11.6. The number of amides is 2. The van der Waals surface area contributed by atoms with Crippen molar-refractivity contribution in [1.82, 2.24) is 15.2 Å². The molecule has 2 heterocycles. The molecule has 124 valence electrons. The van der Waals surface area contributed by atoms with Gasteiger partial charge in [0.25, 0.3) is 5.91 Å². The number of nitrogens with zero attached hydrogens (tertiary/aromatic N) is 2. The van der Waals surface area contributed by atoms with E-state index in [1.807, 2.05) is 17.0 Å². The van der Waals surface area contributed by atoms with Crippen LogP contribution in [0.5, 0.6) is 0 Å². The van der Waals surface area contributed by atoms with Gasteiger partial charge in [0.15, 0.2) is 0 Å². The summed E-state index contributed by atoms with van der Waals surface area (Å²) < 4.78 is 0. The third kappa shape index (κ3) is 3.92. The zero-order valence-corrected chi connectivity index (χ0v) is 13.9. The molecule has 1 aromatic heterocycles. The van der Waals surface area contributed by atoms with Crippen LogP contribution < -0.4 is 5.32 Å². The highest BCUT2D eigenvalue weighted by Crippen LogP contribution is 2.22. The van der Waals surface area contributed by atoms with Crippen molar-refractivity contribution < 1.29 is 9.59 Å². The van der Waals surface area contributed by atoms with Crippen LogP contribution in [-0.2, 0) is 17.9 Å². The van der Waals surface area contributed by atoms with Gasteiger partial charge in [0.1, 0.15) is 5.15 Å². The molecule has 3 rings (SSSR count). The number of hydrogen-bond donors (Lipinski definition) is 1. The molecule has 6 heteroatoms. The number of pyridine rings is 1. The van der Waals surface area contributed by atoms with Gasteiger partial charge < -0.3 is 10.2 Å². The van der Waals surface area contributed by atoms with Crippen LogP contribution in [0.25, 0.3) is 0 Å². The Kier molecular flexibility index (Phi) is 5.11. The zero-order chi connectivity index (χ0) is 16.9. The SMILES string of the molecule is O=C(NCCCC(=O)N1Cc2ccccc2C1)c1ccc(Cl)nc1. The van der Waals surface area contributed by atoms with E-state index in [0.29, 0.717) is 43.2 Å². The summed E-state index contributed by atoms with van der Waals surface area (Å²) >= 11 is 5.69. The summed E-state index contributed by atoms with van der Waals surface area (Å²) in [6, 6.07) is 11.3. The van der Waals surface area contributed by atoms with Gasteiger partial charge in [-0.3, -0.25) is 9.59 Å². The minimum Gasteiger partial charge on any atom is -0.352 e. The van der Waals surface area contributed by atoms with Crippen molar-refractivity contribution in [2.75, 3.05) is 6.54 Å². The molecule has 0 radical (unpaired) electrons. The van der Waals surface area contributed by atoms with Crippen molar-refractivity contribution in [3.8, 4) is 0 Å². The standard InChI is InChI=1S/C18H18ClN3O2/c19-16-8-7-13(10-21-16)18(24)20-9-3-6-17(23)22-11-14-4-1-2-5-15(14)12-22/h1-2,4-5,7-8,10H,3,6,9,11-12H2,(H,20,24). The predicted molar refractivity (Wildman–Crippen MR) is 91.5 cm³/mol. The lowest BCUT2D eigenvalue weighted by Crippen LogP contribution is -2.28. The van der Waals surface area contributed by atoms with Crippen molar-refractivity contribution in [2.24, 2.45) is 0 Å². The minimum absolute atomic E-state index is 0.119. The third-order valence-electron chi connectivity index (χ3n) is 4.04. The van der Waals surface area contributed by atoms with Crippen LogP contribution in [0.15, 0.2) is 42.6 Å². The lowest BCUT2D eigenvalue weighted by Gasteiger charge is -2.15. The van der Waals surface area contributed by atoms with Crippen molar-refractivity contribution in [3.05, 3.63) is 64.4 Å². The smallest absolute Gasteiger partial charge is 0.252 e. The highest BCUT2D eigenvalue weighted by molar-refractivity contribution is 6.29. The van der Waals surface area contributed by atoms with Crippen LogP contribution in [0, 0.1) is 0 Å². The van der Waals surface area contributed by atoms with E-state index < -0.39 is 0 Å². The molecule has 0 atom stereocenters. The van der Waals surface area contributed by atoms with Gasteiger partial charge in [-0.15, -0.1) is 0 Å². The Balaban J connectivity index is 1.40. The Morgan fingerprint density at radius 1 is 1.12 bits per heavy atom. The van der Waals surface area contributed by atoms with Crippen LogP contribution in [0.4, 0.5) is 0 Å². The number of carbonyl (C=O) groups is 2. The van der Waals surface area contributed by atoms with Crippen molar-refractivity contribution in [3.63, 3.8) is 0 Å². The molecule has 2 amide bonds. The highest BCUT2D eigenvalue weighted by atomic mass is 35.5. The van der Waals surface area contributed by atoms with E-state index in [0.717, 1.165) is 0 Å². The van der Waals surface area contributed by atoms with Gasteiger partial charge in [-0.05, 0) is 29.7 Å². The molecule has 0 saturated heterocycles. The zero-order valence-electron chi connectivity index (χ0n) is 13.2. The Morgan fingerprint density at radius 3 is 2.46 bits per heavy atom. The lowest BCUT2D eigenvalue weighted by atomic mass is 10.1. The fourth-order valence-corrected chi connectivity index (χ4v) is 2.83. The minimum atomic E-state index is -0.208. The molecule has 0 unspecified atom stereocenters. The van der Waals surface area contributed by atoms with E-state index in [2.05, 4.69) is 22.4 Å². The number of halogens is 1. The largest absolute Gasteiger partial charge is 0.352 e. The fourth-order valence-electron chi connectivity index (χ4n) is 2.72. The first-order valence-corrected chi connectivity index (χ1v) is 8.25. The molecule has 5 nitrogen and oxygen atoms in total. The fraction of sp³-hybridized carbons (Fsp3) is 0.278. The number of rotatable bonds is 5. The molecule has 0 aliphatic carbocycles. The highest BCUT2D eigenvalue weighted by Gasteiger charge is 2.22. The van der Waals surface area contributed by atoms with Gasteiger partial charge in [-0.1, -0.05) is 35.9 Å². The van der Waals surface area contributed by atoms with E-state index in [1.165, 1.54) is 17.3 Å². The normalized spacial score (nSPS) is 12.8. The van der Waals surface area contributed by atoms with E-state index in [-0.39, 0.29) is 11.8 Å². The van der Waals surface area contributed by atoms with Gasteiger partial charge in [0, 0.05) is 32.3 Å². The average molecular weight is 344 g/mol. The third-order valence-corrected chi connectivity index (χ3v) is 4.26. The molecular weight excluding hydrogens is 326 g/mol. The van der Waals surface area contributed by atoms with E-state index in [9.17, 15) is 9.59 Å². The van der Waals surface area contributed by atoms with Crippen LogP contribution in [0.1, 0.15) is 34.3 Å². The molecule has 1 aromatic carbocycles. The summed E-state index contributed by atoms with van der Waals surface area (Å²) in [6.07, 6.45) is 2.47. The number of hydrogen-bond acceptors (Lipinski definition) is 3. The molecule has 0 fully saturated rings. The molecule has 1 N–H and O–H groups in total. The second kappa shape index (κ2) is 7.45. The predicted octanol–water partition coefficient (Wildman–Crippen LogP) is 2.79. The number of aromatic nitrogens is 1. The second-order valence-electron chi connectivity index (χ2n) is 5.75. The summed E-state index contributed by atoms with van der Waals surface area (Å²) in [5.74, 6) is -0.0891. The van der Waals surface area contributed by atoms with Gasteiger partial charge in [-0.25, -0.2) is 4.98 Å². The second-order valence-corrected chi connectivity index (χ2v) is 6.13. The van der Waals surface area contributed by atoms with Crippen LogP contribution in [0.3, 0.4) is 0 Å². The molecule has 1 aliphatic heterocycles. The van der Waals surface area contributed by atoms with E-state index >= 15 is 0 Å². The topological polar surface area (TPSA) is 62.3 Å². The summed E-state index contributed by atoms with van der Waals surface area (Å²) in [5.41, 5.74) is 2.89. The summed E-state index contributed by atoms with van der Waals surface area (Å²) in [6.45, 7) is 1.81. The summed E-state index contributed by atoms with van der Waals surface area (Å²) in [5, 5.41) is 3.14. The number of nitrogens with one attached hydrogen (secondary N) is 1. The molecule has 2 aromatic rings. The number of fused-ring (bicyclic) bond motifs is 1. The molecule has 24 heavy (non-hydrogen) atoms. The average Bonchev–Trinajstić information content (AvgIpc) is 3.03. The van der Waals surface area contributed by atoms with Gasteiger partial charge in [0.05, 0.1) is 5.56 Å².